The van der Waals surface area contributed by atoms with Crippen LogP contribution in [0, 0.1) is 6.92 Å². The molecule has 1 aliphatic rings. The van der Waals surface area contributed by atoms with E-state index in [1.54, 1.807) is 67.6 Å². The molecule has 0 unspecified atom stereocenters. The number of aryl methyl sites for hydroxylation is 1. The Morgan fingerprint density at radius 3 is 2.40 bits per heavy atom. The quantitative estimate of drug-likeness (QED) is 0.282. The van der Waals surface area contributed by atoms with E-state index in [2.05, 4.69) is 10.5 Å². The molecule has 0 saturated carbocycles. The smallest absolute Gasteiger partial charge is 0.264 e. The maximum Gasteiger partial charge on any atom is 0.264 e. The molecule has 0 bridgehead atoms. The standard InChI is InChI=1S/C29H31ClN4O5S/c1-22-18-24(30)12-15-27(22)34(40(37,38)26-8-4-2-5-9-26)20-28(35)32-31-19-23-10-13-25(14-11-23)39-21-29(36)33-16-6-3-7-17-33/h2,4-5,8-15,18-19H,3,6-7,16-17,20-21H2,1H3,(H,32,35)/b31-19-. The van der Waals surface area contributed by atoms with Crippen LogP contribution in [0.4, 0.5) is 5.69 Å². The highest BCUT2D eigenvalue weighted by Gasteiger charge is 2.28. The van der Waals surface area contributed by atoms with Crippen molar-refractivity contribution in [1.29, 1.82) is 0 Å². The van der Waals surface area contributed by atoms with E-state index in [0.717, 1.165) is 36.7 Å². The van der Waals surface area contributed by atoms with E-state index in [-0.39, 0.29) is 17.4 Å². The summed E-state index contributed by atoms with van der Waals surface area (Å²) in [7, 11) is -4.05. The van der Waals surface area contributed by atoms with Gasteiger partial charge in [0, 0.05) is 18.1 Å². The van der Waals surface area contributed by atoms with E-state index in [9.17, 15) is 18.0 Å². The van der Waals surface area contributed by atoms with Crippen LogP contribution in [0.15, 0.2) is 82.8 Å². The van der Waals surface area contributed by atoms with E-state index in [0.29, 0.717) is 27.6 Å². The normalized spacial score (nSPS) is 13.7. The molecule has 1 N–H and O–H groups in total. The van der Waals surface area contributed by atoms with Gasteiger partial charge in [-0.25, -0.2) is 13.8 Å². The number of sulfonamides is 1. The highest BCUT2D eigenvalue weighted by Crippen LogP contribution is 2.28. The summed E-state index contributed by atoms with van der Waals surface area (Å²) in [6, 6.07) is 19.6. The van der Waals surface area contributed by atoms with E-state index < -0.39 is 22.5 Å². The number of benzene rings is 3. The van der Waals surface area contributed by atoms with Crippen LogP contribution >= 0.6 is 11.6 Å². The van der Waals surface area contributed by atoms with Crippen LogP contribution in [0.5, 0.6) is 5.75 Å². The fraction of sp³-hybridized carbons (Fsp3) is 0.276. The molecule has 1 aliphatic heterocycles. The number of rotatable bonds is 10. The zero-order valence-electron chi connectivity index (χ0n) is 22.1. The van der Waals surface area contributed by atoms with Crippen LogP contribution in [-0.4, -0.2) is 57.6 Å². The summed E-state index contributed by atoms with van der Waals surface area (Å²) < 4.78 is 33.6. The topological polar surface area (TPSA) is 108 Å². The minimum Gasteiger partial charge on any atom is -0.484 e. The Bertz CT molecular complexity index is 1460. The average Bonchev–Trinajstić information content (AvgIpc) is 2.96. The summed E-state index contributed by atoms with van der Waals surface area (Å²) in [5, 5.41) is 4.43. The molecule has 210 valence electrons. The minimum absolute atomic E-state index is 0.0149. The van der Waals surface area contributed by atoms with Crippen molar-refractivity contribution < 1.29 is 22.7 Å². The molecule has 11 heteroatoms. The third-order valence-corrected chi connectivity index (χ3v) is 8.41. The first-order valence-electron chi connectivity index (χ1n) is 12.9. The van der Waals surface area contributed by atoms with Crippen molar-refractivity contribution in [2.24, 2.45) is 5.10 Å². The molecule has 0 spiro atoms. The lowest BCUT2D eigenvalue weighted by Crippen LogP contribution is -2.40. The SMILES string of the molecule is Cc1cc(Cl)ccc1N(CC(=O)N/N=C\c1ccc(OCC(=O)N2CCCCC2)cc1)S(=O)(=O)c1ccccc1. The second-order valence-electron chi connectivity index (χ2n) is 9.35. The fourth-order valence-electron chi connectivity index (χ4n) is 4.29. The maximum atomic E-state index is 13.5. The van der Waals surface area contributed by atoms with Crippen molar-refractivity contribution in [2.75, 3.05) is 30.5 Å². The monoisotopic (exact) mass is 582 g/mol. The summed E-state index contributed by atoms with van der Waals surface area (Å²) in [5.41, 5.74) is 4.01. The zero-order chi connectivity index (χ0) is 28.5. The lowest BCUT2D eigenvalue weighted by molar-refractivity contribution is -0.134. The number of hydrogen-bond acceptors (Lipinski definition) is 6. The number of hydrazone groups is 1. The molecule has 0 radical (unpaired) electrons. The number of nitrogens with zero attached hydrogens (tertiary/aromatic N) is 3. The first-order valence-corrected chi connectivity index (χ1v) is 14.7. The number of nitrogens with one attached hydrogen (secondary N) is 1. The zero-order valence-corrected chi connectivity index (χ0v) is 23.7. The summed E-state index contributed by atoms with van der Waals surface area (Å²) in [6.07, 6.45) is 4.64. The number of anilines is 1. The average molecular weight is 583 g/mol. The Balaban J connectivity index is 1.38. The first-order chi connectivity index (χ1) is 19.2. The predicted molar refractivity (Wildman–Crippen MR) is 155 cm³/mol. The van der Waals surface area contributed by atoms with Gasteiger partial charge in [0.05, 0.1) is 16.8 Å². The third kappa shape index (κ3) is 7.61. The van der Waals surface area contributed by atoms with Crippen molar-refractivity contribution in [3.63, 3.8) is 0 Å². The Labute approximate surface area is 239 Å². The van der Waals surface area contributed by atoms with Gasteiger partial charge in [0.1, 0.15) is 12.3 Å². The Hall–Kier alpha value is -3.89. The maximum absolute atomic E-state index is 13.5. The van der Waals surface area contributed by atoms with Crippen molar-refractivity contribution in [2.45, 2.75) is 31.1 Å². The molecule has 3 aromatic carbocycles. The van der Waals surface area contributed by atoms with Gasteiger partial charge in [0.25, 0.3) is 21.8 Å². The van der Waals surface area contributed by atoms with Crippen LogP contribution in [-0.2, 0) is 19.6 Å². The molecule has 3 aromatic rings. The molecule has 4 rings (SSSR count). The van der Waals surface area contributed by atoms with Gasteiger partial charge >= 0.3 is 0 Å². The molecular formula is C29H31ClN4O5S. The second-order valence-corrected chi connectivity index (χ2v) is 11.6. The molecule has 1 fully saturated rings. The first kappa shape index (κ1) is 29.1. The largest absolute Gasteiger partial charge is 0.484 e. The number of likely N-dealkylation sites (tertiary alicyclic amines) is 1. The molecular weight excluding hydrogens is 552 g/mol. The summed E-state index contributed by atoms with van der Waals surface area (Å²) in [5.74, 6) is -0.0990. The van der Waals surface area contributed by atoms with Crippen LogP contribution in [0.3, 0.4) is 0 Å². The lowest BCUT2D eigenvalue weighted by Gasteiger charge is -2.26. The van der Waals surface area contributed by atoms with Gasteiger partial charge in [-0.15, -0.1) is 0 Å². The molecule has 0 atom stereocenters. The summed E-state index contributed by atoms with van der Waals surface area (Å²) in [4.78, 5) is 27.0. The van der Waals surface area contributed by atoms with Crippen molar-refractivity contribution in [3.8, 4) is 5.75 Å². The van der Waals surface area contributed by atoms with E-state index >= 15 is 0 Å². The van der Waals surface area contributed by atoms with Crippen molar-refractivity contribution >= 4 is 45.3 Å². The minimum atomic E-state index is -4.05. The van der Waals surface area contributed by atoms with Crippen LogP contribution < -0.4 is 14.5 Å². The Kier molecular flexibility index (Phi) is 9.79. The van der Waals surface area contributed by atoms with E-state index in [4.69, 9.17) is 16.3 Å². The number of carbonyl (C=O) groups is 2. The third-order valence-electron chi connectivity index (χ3n) is 6.40. The Morgan fingerprint density at radius 2 is 1.73 bits per heavy atom. The number of hydrogen-bond donors (Lipinski definition) is 1. The summed E-state index contributed by atoms with van der Waals surface area (Å²) in [6.45, 7) is 2.77. The van der Waals surface area contributed by atoms with Gasteiger partial charge in [-0.2, -0.15) is 5.10 Å². The molecule has 2 amide bonds. The van der Waals surface area contributed by atoms with Gasteiger partial charge in [0.2, 0.25) is 0 Å². The molecule has 0 aliphatic carbocycles. The van der Waals surface area contributed by atoms with Crippen molar-refractivity contribution in [3.05, 3.63) is 88.9 Å². The van der Waals surface area contributed by atoms with Gasteiger partial charge in [-0.05, 0) is 91.9 Å². The van der Waals surface area contributed by atoms with Gasteiger partial charge in [0.15, 0.2) is 6.61 Å². The van der Waals surface area contributed by atoms with E-state index in [1.807, 2.05) is 4.90 Å². The predicted octanol–water partition coefficient (Wildman–Crippen LogP) is 4.39. The highest BCUT2D eigenvalue weighted by atomic mass is 35.5. The van der Waals surface area contributed by atoms with Gasteiger partial charge in [-0.3, -0.25) is 13.9 Å². The number of ether oxygens (including phenoxy) is 1. The van der Waals surface area contributed by atoms with Crippen LogP contribution in [0.2, 0.25) is 5.02 Å². The molecule has 9 nitrogen and oxygen atoms in total. The summed E-state index contributed by atoms with van der Waals surface area (Å²) >= 11 is 6.07. The molecule has 0 aromatic heterocycles. The van der Waals surface area contributed by atoms with E-state index in [1.165, 1.54) is 18.3 Å². The van der Waals surface area contributed by atoms with Gasteiger partial charge in [-0.1, -0.05) is 29.8 Å². The number of piperidine rings is 1. The number of halogens is 1. The number of amides is 2. The Morgan fingerprint density at radius 1 is 1.02 bits per heavy atom. The van der Waals surface area contributed by atoms with Crippen LogP contribution in [0.25, 0.3) is 0 Å². The van der Waals surface area contributed by atoms with Crippen LogP contribution in [0.1, 0.15) is 30.4 Å². The second kappa shape index (κ2) is 13.5. The number of carbonyl (C=O) groups excluding carboxylic acids is 2. The fourth-order valence-corrected chi connectivity index (χ4v) is 6.03. The van der Waals surface area contributed by atoms with Gasteiger partial charge < -0.3 is 9.64 Å². The molecule has 1 heterocycles. The molecule has 1 saturated heterocycles. The molecule has 40 heavy (non-hydrogen) atoms. The lowest BCUT2D eigenvalue weighted by atomic mass is 10.1. The highest BCUT2D eigenvalue weighted by molar-refractivity contribution is 7.92. The van der Waals surface area contributed by atoms with Crippen molar-refractivity contribution in [1.82, 2.24) is 10.3 Å².